The highest BCUT2D eigenvalue weighted by Crippen LogP contribution is 2.63. The summed E-state index contributed by atoms with van der Waals surface area (Å²) in [5.74, 6) is 1.01. The largest absolute Gasteiger partial charge is 0.316 e. The highest BCUT2D eigenvalue weighted by molar-refractivity contribution is 5.93. The van der Waals surface area contributed by atoms with Gasteiger partial charge in [-0.3, -0.25) is 0 Å². The summed E-state index contributed by atoms with van der Waals surface area (Å²) >= 11 is 0. The molecule has 3 nitrogen and oxygen atoms in total. The lowest BCUT2D eigenvalue weighted by molar-refractivity contribution is 0.131. The Balaban J connectivity index is 1.67. The van der Waals surface area contributed by atoms with E-state index in [0.717, 1.165) is 17.9 Å². The van der Waals surface area contributed by atoms with Crippen molar-refractivity contribution in [1.82, 2.24) is 4.98 Å². The Morgan fingerprint density at radius 3 is 2.23 bits per heavy atom. The van der Waals surface area contributed by atoms with Crippen LogP contribution < -0.4 is 9.80 Å². The van der Waals surface area contributed by atoms with Crippen molar-refractivity contribution in [2.45, 2.75) is 65.0 Å². The van der Waals surface area contributed by atoms with Gasteiger partial charge in [-0.25, -0.2) is 4.98 Å². The topological polar surface area (TPSA) is 19.4 Å². The number of allylic oxidation sites excluding steroid dienone is 1. The van der Waals surface area contributed by atoms with Crippen LogP contribution in [0.2, 0.25) is 0 Å². The smallest absolute Gasteiger partial charge is 0.158 e. The molecular formula is C36H39N3. The van der Waals surface area contributed by atoms with Crippen LogP contribution in [0.5, 0.6) is 0 Å². The first-order valence-electron chi connectivity index (χ1n) is 14.0. The molecule has 2 unspecified atom stereocenters. The molecule has 0 saturated carbocycles. The quantitative estimate of drug-likeness (QED) is 0.253. The highest BCUT2D eigenvalue weighted by atomic mass is 15.5. The minimum absolute atomic E-state index is 0.0277. The first-order valence-corrected chi connectivity index (χ1v) is 14.0. The van der Waals surface area contributed by atoms with E-state index in [2.05, 4.69) is 149 Å². The molecule has 6 rings (SSSR count). The van der Waals surface area contributed by atoms with Gasteiger partial charge in [0.15, 0.2) is 5.82 Å². The maximum atomic E-state index is 5.04. The third kappa shape index (κ3) is 3.66. The molecular weight excluding hydrogens is 474 g/mol. The molecule has 0 saturated heterocycles. The lowest BCUT2D eigenvalue weighted by Gasteiger charge is -2.58. The van der Waals surface area contributed by atoms with E-state index in [1.165, 1.54) is 33.6 Å². The second-order valence-corrected chi connectivity index (χ2v) is 12.9. The van der Waals surface area contributed by atoms with Crippen molar-refractivity contribution in [3.63, 3.8) is 0 Å². The van der Waals surface area contributed by atoms with E-state index in [9.17, 15) is 0 Å². The standard InChI is InChI=1S/C36H39N3/c1-8-22-36(7)28-21-20-26(34(2,3)4)24-31(28)38-30-19-14-23-37-32(30)39(33(38)35(36,5)6)29-18-13-12-17-27(29)25-15-10-9-11-16-25/h8-21,23-24,33H,1,22H2,2-7H3. The summed E-state index contributed by atoms with van der Waals surface area (Å²) < 4.78 is 0. The molecule has 0 radical (unpaired) electrons. The fraction of sp³-hybridized carbons (Fsp3) is 0.306. The van der Waals surface area contributed by atoms with Crippen LogP contribution in [0.15, 0.2) is 104 Å². The van der Waals surface area contributed by atoms with E-state index < -0.39 is 0 Å². The Labute approximate surface area is 233 Å². The van der Waals surface area contributed by atoms with Gasteiger partial charge in [0.05, 0.1) is 11.4 Å². The summed E-state index contributed by atoms with van der Waals surface area (Å²) in [5, 5.41) is 0. The van der Waals surface area contributed by atoms with Crippen molar-refractivity contribution < 1.29 is 0 Å². The number of nitrogens with zero attached hydrogens (tertiary/aromatic N) is 3. The van der Waals surface area contributed by atoms with Gasteiger partial charge in [-0.05, 0) is 52.8 Å². The lowest BCUT2D eigenvalue weighted by atomic mass is 9.56. The van der Waals surface area contributed by atoms with E-state index in [-0.39, 0.29) is 22.4 Å². The zero-order valence-corrected chi connectivity index (χ0v) is 24.1. The monoisotopic (exact) mass is 513 g/mol. The first-order chi connectivity index (χ1) is 18.6. The number of benzene rings is 3. The Hall–Kier alpha value is -3.85. The van der Waals surface area contributed by atoms with E-state index in [1.54, 1.807) is 0 Å². The number of hydrogen-bond acceptors (Lipinski definition) is 3. The zero-order chi connectivity index (χ0) is 27.6. The third-order valence-corrected chi connectivity index (χ3v) is 9.33. The average Bonchev–Trinajstić information content (AvgIpc) is 3.28. The number of anilines is 4. The number of para-hydroxylation sites is 1. The molecule has 3 heteroatoms. The third-order valence-electron chi connectivity index (χ3n) is 9.33. The zero-order valence-electron chi connectivity index (χ0n) is 24.1. The Bertz CT molecular complexity index is 1550. The molecule has 39 heavy (non-hydrogen) atoms. The molecule has 1 aromatic heterocycles. The van der Waals surface area contributed by atoms with Crippen molar-refractivity contribution in [2.75, 3.05) is 9.80 Å². The van der Waals surface area contributed by atoms with Crippen molar-refractivity contribution >= 4 is 22.9 Å². The summed E-state index contributed by atoms with van der Waals surface area (Å²) in [6, 6.07) is 30.9. The second-order valence-electron chi connectivity index (χ2n) is 12.9. The number of rotatable bonds is 4. The molecule has 2 atom stereocenters. The molecule has 0 amide bonds. The molecule has 0 spiro atoms. The summed E-state index contributed by atoms with van der Waals surface area (Å²) in [7, 11) is 0. The second kappa shape index (κ2) is 8.84. The van der Waals surface area contributed by atoms with Crippen molar-refractivity contribution in [1.29, 1.82) is 0 Å². The van der Waals surface area contributed by atoms with Crippen LogP contribution in [0.4, 0.5) is 22.9 Å². The summed E-state index contributed by atoms with van der Waals surface area (Å²) in [6.45, 7) is 18.4. The Kier molecular flexibility index (Phi) is 5.77. The van der Waals surface area contributed by atoms with Crippen LogP contribution in [0.3, 0.4) is 0 Å². The number of fused-ring (bicyclic) bond motifs is 5. The molecule has 2 aliphatic rings. The minimum Gasteiger partial charge on any atom is -0.316 e. The molecule has 198 valence electrons. The molecule has 2 aliphatic heterocycles. The molecule has 0 N–H and O–H groups in total. The molecule has 0 fully saturated rings. The fourth-order valence-corrected chi connectivity index (χ4v) is 6.78. The minimum atomic E-state index is -0.165. The van der Waals surface area contributed by atoms with Crippen LogP contribution in [0, 0.1) is 5.41 Å². The van der Waals surface area contributed by atoms with Gasteiger partial charge in [-0.2, -0.15) is 0 Å². The predicted molar refractivity (Wildman–Crippen MR) is 165 cm³/mol. The van der Waals surface area contributed by atoms with Crippen molar-refractivity contribution in [3.05, 3.63) is 115 Å². The van der Waals surface area contributed by atoms with Crippen LogP contribution in [0.25, 0.3) is 11.1 Å². The van der Waals surface area contributed by atoms with Crippen LogP contribution in [0.1, 0.15) is 59.1 Å². The van der Waals surface area contributed by atoms with E-state index >= 15 is 0 Å². The van der Waals surface area contributed by atoms with Crippen LogP contribution in [-0.2, 0) is 10.8 Å². The average molecular weight is 514 g/mol. The van der Waals surface area contributed by atoms with E-state index in [0.29, 0.717) is 0 Å². The van der Waals surface area contributed by atoms with Gasteiger partial charge in [-0.15, -0.1) is 6.58 Å². The fourth-order valence-electron chi connectivity index (χ4n) is 6.78. The van der Waals surface area contributed by atoms with Crippen LogP contribution in [-0.4, -0.2) is 11.1 Å². The van der Waals surface area contributed by atoms with Gasteiger partial charge >= 0.3 is 0 Å². The van der Waals surface area contributed by atoms with Crippen molar-refractivity contribution in [3.8, 4) is 11.1 Å². The van der Waals surface area contributed by atoms with Gasteiger partial charge in [0, 0.05) is 28.3 Å². The number of hydrogen-bond donors (Lipinski definition) is 0. The van der Waals surface area contributed by atoms with Gasteiger partial charge in [-0.1, -0.05) is 108 Å². The summed E-state index contributed by atoms with van der Waals surface area (Å²) in [5.41, 5.74) is 8.51. The van der Waals surface area contributed by atoms with Crippen LogP contribution >= 0.6 is 0 Å². The lowest BCUT2D eigenvalue weighted by Crippen LogP contribution is -2.61. The SMILES string of the molecule is C=CCC1(C)c2ccc(C(C)(C)C)cc2N2c3cccnc3N(c3ccccc3-c3ccccc3)C2C1(C)C. The normalized spacial score (nSPS) is 21.2. The van der Waals surface area contributed by atoms with Crippen molar-refractivity contribution in [2.24, 2.45) is 5.41 Å². The summed E-state index contributed by atoms with van der Waals surface area (Å²) in [4.78, 5) is 10.1. The van der Waals surface area contributed by atoms with E-state index in [1.807, 2.05) is 6.20 Å². The Morgan fingerprint density at radius 2 is 1.51 bits per heavy atom. The molecule has 0 aliphatic carbocycles. The Morgan fingerprint density at radius 1 is 0.821 bits per heavy atom. The number of aromatic nitrogens is 1. The number of pyridine rings is 1. The van der Waals surface area contributed by atoms with E-state index in [4.69, 9.17) is 4.98 Å². The predicted octanol–water partition coefficient (Wildman–Crippen LogP) is 9.54. The summed E-state index contributed by atoms with van der Waals surface area (Å²) in [6.07, 6.45) is 4.95. The maximum absolute atomic E-state index is 5.04. The molecule has 3 aromatic carbocycles. The molecule has 4 aromatic rings. The maximum Gasteiger partial charge on any atom is 0.158 e. The van der Waals surface area contributed by atoms with Gasteiger partial charge in [0.25, 0.3) is 0 Å². The molecule has 3 heterocycles. The highest BCUT2D eigenvalue weighted by Gasteiger charge is 2.59. The first kappa shape index (κ1) is 25.4. The van der Waals surface area contributed by atoms with Gasteiger partial charge < -0.3 is 9.80 Å². The van der Waals surface area contributed by atoms with Gasteiger partial charge in [0.1, 0.15) is 6.17 Å². The molecule has 0 bridgehead atoms. The van der Waals surface area contributed by atoms with Gasteiger partial charge in [0.2, 0.25) is 0 Å².